The van der Waals surface area contributed by atoms with Crippen LogP contribution in [0.25, 0.3) is 54.6 Å². The molecule has 0 heterocycles. The lowest BCUT2D eigenvalue weighted by Crippen LogP contribution is -2.17. The van der Waals surface area contributed by atoms with Gasteiger partial charge in [0, 0.05) is 10.8 Å². The molecular weight excluding hydrogens is 408 g/mol. The third-order valence-electron chi connectivity index (χ3n) is 8.99. The van der Waals surface area contributed by atoms with Gasteiger partial charge in [-0.25, -0.2) is 0 Å². The van der Waals surface area contributed by atoms with Crippen LogP contribution >= 0.6 is 0 Å². The Balaban J connectivity index is 1.54. The minimum Gasteiger partial charge on any atom is -0.0619 e. The fourth-order valence-corrected chi connectivity index (χ4v) is 7.21. The van der Waals surface area contributed by atoms with Gasteiger partial charge in [0.2, 0.25) is 0 Å². The summed E-state index contributed by atoms with van der Waals surface area (Å²) in [5.74, 6) is 0. The highest BCUT2D eigenvalue weighted by Crippen LogP contribution is 2.58. The summed E-state index contributed by atoms with van der Waals surface area (Å²) in [5.41, 5.74) is 11.5. The van der Waals surface area contributed by atoms with Gasteiger partial charge in [-0.15, -0.1) is 0 Å². The van der Waals surface area contributed by atoms with Crippen LogP contribution in [0.3, 0.4) is 0 Å². The van der Waals surface area contributed by atoms with Gasteiger partial charge in [0.1, 0.15) is 0 Å². The predicted molar refractivity (Wildman–Crippen MR) is 145 cm³/mol. The molecule has 0 bridgehead atoms. The third-order valence-corrected chi connectivity index (χ3v) is 8.99. The molecular formula is C34H26. The Labute approximate surface area is 200 Å². The van der Waals surface area contributed by atoms with E-state index in [1.54, 1.807) is 0 Å². The summed E-state index contributed by atoms with van der Waals surface area (Å²) in [6.45, 7) is 9.59. The molecule has 0 unspecified atom stereocenters. The van der Waals surface area contributed by atoms with Crippen LogP contribution in [0.2, 0.25) is 0 Å². The first kappa shape index (κ1) is 18.7. The quantitative estimate of drug-likeness (QED) is 0.209. The van der Waals surface area contributed by atoms with E-state index >= 15 is 0 Å². The average Bonchev–Trinajstić information content (AvgIpc) is 3.21. The van der Waals surface area contributed by atoms with Gasteiger partial charge in [-0.2, -0.15) is 0 Å². The van der Waals surface area contributed by atoms with Crippen molar-refractivity contribution < 1.29 is 0 Å². The Morgan fingerprint density at radius 2 is 1.09 bits per heavy atom. The van der Waals surface area contributed by atoms with Crippen LogP contribution in [-0.2, 0) is 10.8 Å². The van der Waals surface area contributed by atoms with Crippen molar-refractivity contribution in [1.29, 1.82) is 0 Å². The molecule has 34 heavy (non-hydrogen) atoms. The van der Waals surface area contributed by atoms with E-state index in [9.17, 15) is 0 Å². The lowest BCUT2D eigenvalue weighted by molar-refractivity contribution is 0.652. The van der Waals surface area contributed by atoms with Crippen molar-refractivity contribution in [2.75, 3.05) is 0 Å². The molecule has 2 aliphatic carbocycles. The predicted octanol–water partition coefficient (Wildman–Crippen LogP) is 9.20. The van der Waals surface area contributed by atoms with E-state index in [-0.39, 0.29) is 10.8 Å². The first-order valence-electron chi connectivity index (χ1n) is 12.4. The maximum Gasteiger partial charge on any atom is 0.0159 e. The van der Waals surface area contributed by atoms with E-state index in [1.165, 1.54) is 76.8 Å². The van der Waals surface area contributed by atoms with Crippen molar-refractivity contribution in [3.8, 4) is 22.3 Å². The lowest BCUT2D eigenvalue weighted by atomic mass is 9.79. The van der Waals surface area contributed by atoms with Crippen LogP contribution in [-0.4, -0.2) is 0 Å². The fourth-order valence-electron chi connectivity index (χ4n) is 7.21. The average molecular weight is 435 g/mol. The summed E-state index contributed by atoms with van der Waals surface area (Å²) in [4.78, 5) is 0. The largest absolute Gasteiger partial charge is 0.0619 e. The van der Waals surface area contributed by atoms with Gasteiger partial charge < -0.3 is 0 Å². The van der Waals surface area contributed by atoms with Crippen molar-refractivity contribution in [2.45, 2.75) is 38.5 Å². The Morgan fingerprint density at radius 3 is 1.91 bits per heavy atom. The van der Waals surface area contributed by atoms with E-state index in [0.29, 0.717) is 0 Å². The summed E-state index contributed by atoms with van der Waals surface area (Å²) in [7, 11) is 0. The van der Waals surface area contributed by atoms with E-state index in [2.05, 4.69) is 113 Å². The minimum atomic E-state index is -0.0359. The number of rotatable bonds is 0. The molecule has 0 aliphatic heterocycles. The van der Waals surface area contributed by atoms with Crippen LogP contribution in [0.15, 0.2) is 84.9 Å². The molecule has 6 aromatic carbocycles. The molecule has 2 aliphatic rings. The smallest absolute Gasteiger partial charge is 0.0159 e. The zero-order valence-corrected chi connectivity index (χ0v) is 20.1. The monoisotopic (exact) mass is 434 g/mol. The van der Waals surface area contributed by atoms with Gasteiger partial charge in [0.05, 0.1) is 0 Å². The number of benzene rings is 6. The summed E-state index contributed by atoms with van der Waals surface area (Å²) in [5, 5.41) is 8.24. The zero-order chi connectivity index (χ0) is 23.0. The van der Waals surface area contributed by atoms with Crippen LogP contribution in [0.1, 0.15) is 49.9 Å². The summed E-state index contributed by atoms with van der Waals surface area (Å²) >= 11 is 0. The lowest BCUT2D eigenvalue weighted by Gasteiger charge is -2.24. The van der Waals surface area contributed by atoms with Crippen LogP contribution in [0, 0.1) is 0 Å². The minimum absolute atomic E-state index is 0.0115. The number of hydrogen-bond donors (Lipinski definition) is 0. The standard InChI is InChI=1S/C34H26/c1-33(2)26-11-6-5-10-22(26)24-17-28-25(18-27(24)33)32-23-15-14-20-9-7-8-19-12-13-21(31(23)30(19)20)16-29(32)34(28,3)4/h5-18H,1-4H3. The van der Waals surface area contributed by atoms with Gasteiger partial charge >= 0.3 is 0 Å². The Bertz CT molecular complexity index is 1830. The maximum absolute atomic E-state index is 2.54. The van der Waals surface area contributed by atoms with E-state index in [1.807, 2.05) is 0 Å². The van der Waals surface area contributed by atoms with Crippen LogP contribution in [0.5, 0.6) is 0 Å². The van der Waals surface area contributed by atoms with Gasteiger partial charge in [0.15, 0.2) is 0 Å². The second kappa shape index (κ2) is 5.70. The molecule has 0 aromatic heterocycles. The normalized spacial score (nSPS) is 16.7. The molecule has 0 saturated heterocycles. The molecule has 0 saturated carbocycles. The van der Waals surface area contributed by atoms with Crippen molar-refractivity contribution >= 4 is 32.3 Å². The first-order chi connectivity index (χ1) is 16.4. The van der Waals surface area contributed by atoms with E-state index in [0.717, 1.165) is 0 Å². The molecule has 0 N–H and O–H groups in total. The molecule has 0 atom stereocenters. The second-order valence-corrected chi connectivity index (χ2v) is 11.4. The van der Waals surface area contributed by atoms with Crippen molar-refractivity contribution in [1.82, 2.24) is 0 Å². The molecule has 0 heteroatoms. The van der Waals surface area contributed by atoms with Crippen LogP contribution < -0.4 is 0 Å². The maximum atomic E-state index is 2.54. The number of hydrogen-bond acceptors (Lipinski definition) is 0. The molecule has 8 rings (SSSR count). The summed E-state index contributed by atoms with van der Waals surface area (Å²) < 4.78 is 0. The molecule has 0 radical (unpaired) electrons. The van der Waals surface area contributed by atoms with Gasteiger partial charge in [-0.1, -0.05) is 94.4 Å². The molecule has 0 nitrogen and oxygen atoms in total. The fraction of sp³-hybridized carbons (Fsp3) is 0.176. The van der Waals surface area contributed by atoms with Gasteiger partial charge in [-0.3, -0.25) is 0 Å². The third kappa shape index (κ3) is 1.99. The first-order valence-corrected chi connectivity index (χ1v) is 12.4. The Kier molecular flexibility index (Phi) is 3.14. The van der Waals surface area contributed by atoms with E-state index in [4.69, 9.17) is 0 Å². The SMILES string of the molecule is CC1(C)c2ccccc2-c2cc3c(cc21)-c1c(cc2ccc4cccc5ccc1c2c45)C3(C)C. The molecule has 0 spiro atoms. The second-order valence-electron chi connectivity index (χ2n) is 11.4. The van der Waals surface area contributed by atoms with Gasteiger partial charge in [0.25, 0.3) is 0 Å². The zero-order valence-electron chi connectivity index (χ0n) is 20.1. The van der Waals surface area contributed by atoms with E-state index < -0.39 is 0 Å². The molecule has 6 aromatic rings. The Hall–Kier alpha value is -3.64. The topological polar surface area (TPSA) is 0 Å². The number of fused-ring (bicyclic) bond motifs is 7. The Morgan fingerprint density at radius 1 is 0.441 bits per heavy atom. The molecule has 0 amide bonds. The van der Waals surface area contributed by atoms with Gasteiger partial charge in [-0.05, 0) is 95.0 Å². The highest BCUT2D eigenvalue weighted by molar-refractivity contribution is 6.26. The highest BCUT2D eigenvalue weighted by Gasteiger charge is 2.42. The van der Waals surface area contributed by atoms with Crippen molar-refractivity contribution in [2.24, 2.45) is 0 Å². The summed E-state index contributed by atoms with van der Waals surface area (Å²) in [6, 6.07) is 32.5. The molecule has 162 valence electrons. The summed E-state index contributed by atoms with van der Waals surface area (Å²) in [6.07, 6.45) is 0. The van der Waals surface area contributed by atoms with Crippen molar-refractivity contribution in [3.63, 3.8) is 0 Å². The van der Waals surface area contributed by atoms with Crippen LogP contribution in [0.4, 0.5) is 0 Å². The molecule has 0 fully saturated rings. The highest BCUT2D eigenvalue weighted by atomic mass is 14.4. The van der Waals surface area contributed by atoms with Crippen molar-refractivity contribution in [3.05, 3.63) is 107 Å².